The lowest BCUT2D eigenvalue weighted by Gasteiger charge is -1.98. The van der Waals surface area contributed by atoms with E-state index in [1.165, 1.54) is 17.4 Å². The van der Waals surface area contributed by atoms with Crippen LogP contribution in [0.1, 0.15) is 11.1 Å². The second-order valence-electron chi connectivity index (χ2n) is 2.86. The van der Waals surface area contributed by atoms with Crippen LogP contribution in [0.3, 0.4) is 0 Å². The standard InChI is InChI=1S/C10H6FNOS/c11-9-2-8-7(3-12)5-14-10(8)1-6(9)4-13/h1-2,5,13H,4H2. The van der Waals surface area contributed by atoms with Crippen LogP contribution < -0.4 is 0 Å². The number of hydrogen-bond acceptors (Lipinski definition) is 3. The summed E-state index contributed by atoms with van der Waals surface area (Å²) in [7, 11) is 0. The number of benzene rings is 1. The number of hydrogen-bond donors (Lipinski definition) is 1. The summed E-state index contributed by atoms with van der Waals surface area (Å²) in [6, 6.07) is 4.88. The topological polar surface area (TPSA) is 44.0 Å². The van der Waals surface area contributed by atoms with E-state index in [-0.39, 0.29) is 12.2 Å². The Kier molecular flexibility index (Phi) is 2.20. The van der Waals surface area contributed by atoms with Crippen molar-refractivity contribution in [3.8, 4) is 6.07 Å². The average Bonchev–Trinajstić information content (AvgIpc) is 2.58. The van der Waals surface area contributed by atoms with Gasteiger partial charge < -0.3 is 5.11 Å². The summed E-state index contributed by atoms with van der Waals surface area (Å²) >= 11 is 1.38. The molecule has 1 aromatic carbocycles. The summed E-state index contributed by atoms with van der Waals surface area (Å²) in [5.41, 5.74) is 0.747. The molecule has 0 fully saturated rings. The first-order valence-electron chi connectivity index (χ1n) is 3.97. The van der Waals surface area contributed by atoms with Gasteiger partial charge in [-0.3, -0.25) is 0 Å². The van der Waals surface area contributed by atoms with Crippen LogP contribution in [0.15, 0.2) is 17.5 Å². The molecule has 0 aliphatic rings. The van der Waals surface area contributed by atoms with E-state index in [2.05, 4.69) is 0 Å². The Morgan fingerprint density at radius 2 is 2.29 bits per heavy atom. The number of fused-ring (bicyclic) bond motifs is 1. The first-order valence-corrected chi connectivity index (χ1v) is 4.85. The summed E-state index contributed by atoms with van der Waals surface area (Å²) in [4.78, 5) is 0. The van der Waals surface area contributed by atoms with Gasteiger partial charge in [-0.05, 0) is 12.1 Å². The van der Waals surface area contributed by atoms with E-state index < -0.39 is 5.82 Å². The predicted molar refractivity (Wildman–Crippen MR) is 52.4 cm³/mol. The molecule has 1 heterocycles. The smallest absolute Gasteiger partial charge is 0.129 e. The van der Waals surface area contributed by atoms with Crippen LogP contribution >= 0.6 is 11.3 Å². The van der Waals surface area contributed by atoms with Crippen molar-refractivity contribution in [2.75, 3.05) is 0 Å². The zero-order chi connectivity index (χ0) is 10.1. The van der Waals surface area contributed by atoms with Crippen LogP contribution in [0.4, 0.5) is 4.39 Å². The average molecular weight is 207 g/mol. The van der Waals surface area contributed by atoms with Crippen LogP contribution in [0.2, 0.25) is 0 Å². The van der Waals surface area contributed by atoms with E-state index in [1.54, 1.807) is 11.4 Å². The van der Waals surface area contributed by atoms with Crippen LogP contribution in [0.25, 0.3) is 10.1 Å². The van der Waals surface area contributed by atoms with Crippen molar-refractivity contribution in [3.05, 3.63) is 34.5 Å². The first kappa shape index (κ1) is 9.13. The van der Waals surface area contributed by atoms with Gasteiger partial charge in [-0.15, -0.1) is 11.3 Å². The van der Waals surface area contributed by atoms with Crippen molar-refractivity contribution >= 4 is 21.4 Å². The number of aliphatic hydroxyl groups is 1. The van der Waals surface area contributed by atoms with E-state index in [9.17, 15) is 4.39 Å². The van der Waals surface area contributed by atoms with Crippen LogP contribution in [0.5, 0.6) is 0 Å². The fraction of sp³-hybridized carbons (Fsp3) is 0.100. The highest BCUT2D eigenvalue weighted by molar-refractivity contribution is 7.17. The largest absolute Gasteiger partial charge is 0.392 e. The lowest BCUT2D eigenvalue weighted by atomic mass is 10.1. The van der Waals surface area contributed by atoms with E-state index in [4.69, 9.17) is 10.4 Å². The zero-order valence-electron chi connectivity index (χ0n) is 7.12. The van der Waals surface area contributed by atoms with Crippen molar-refractivity contribution in [3.63, 3.8) is 0 Å². The summed E-state index contributed by atoms with van der Waals surface area (Å²) in [5.74, 6) is -0.463. The van der Waals surface area contributed by atoms with Gasteiger partial charge in [0.2, 0.25) is 0 Å². The molecule has 2 aromatic rings. The van der Waals surface area contributed by atoms with Gasteiger partial charge in [0.1, 0.15) is 11.9 Å². The van der Waals surface area contributed by atoms with Crippen molar-refractivity contribution in [1.82, 2.24) is 0 Å². The second kappa shape index (κ2) is 3.37. The molecule has 0 radical (unpaired) electrons. The number of nitrogens with zero attached hydrogens (tertiary/aromatic N) is 1. The molecule has 0 atom stereocenters. The minimum Gasteiger partial charge on any atom is -0.392 e. The van der Waals surface area contributed by atoms with Gasteiger partial charge in [0.15, 0.2) is 0 Å². The molecule has 70 valence electrons. The molecule has 0 saturated carbocycles. The van der Waals surface area contributed by atoms with Gasteiger partial charge in [-0.25, -0.2) is 4.39 Å². The first-order chi connectivity index (χ1) is 6.76. The molecule has 0 aliphatic heterocycles. The Labute approximate surface area is 83.8 Å². The number of aliphatic hydroxyl groups excluding tert-OH is 1. The normalized spacial score (nSPS) is 10.4. The third kappa shape index (κ3) is 1.27. The summed E-state index contributed by atoms with van der Waals surface area (Å²) in [6.07, 6.45) is 0. The summed E-state index contributed by atoms with van der Waals surface area (Å²) < 4.78 is 14.1. The molecule has 0 saturated heterocycles. The lowest BCUT2D eigenvalue weighted by Crippen LogP contribution is -1.88. The third-order valence-electron chi connectivity index (χ3n) is 2.03. The summed E-state index contributed by atoms with van der Waals surface area (Å²) in [5, 5.41) is 19.9. The van der Waals surface area contributed by atoms with Crippen molar-refractivity contribution in [1.29, 1.82) is 5.26 Å². The molecule has 0 spiro atoms. The minimum absolute atomic E-state index is 0.267. The molecule has 2 nitrogen and oxygen atoms in total. The van der Waals surface area contributed by atoms with Gasteiger partial charge in [-0.1, -0.05) is 0 Å². The van der Waals surface area contributed by atoms with Gasteiger partial charge in [0.25, 0.3) is 0 Å². The monoisotopic (exact) mass is 207 g/mol. The Balaban J connectivity index is 2.77. The Morgan fingerprint density at radius 1 is 1.50 bits per heavy atom. The SMILES string of the molecule is N#Cc1csc2cc(CO)c(F)cc12. The number of nitriles is 1. The molecule has 14 heavy (non-hydrogen) atoms. The maximum Gasteiger partial charge on any atom is 0.129 e. The van der Waals surface area contributed by atoms with E-state index in [1.807, 2.05) is 6.07 Å². The van der Waals surface area contributed by atoms with Crippen molar-refractivity contribution in [2.45, 2.75) is 6.61 Å². The fourth-order valence-electron chi connectivity index (χ4n) is 1.30. The van der Waals surface area contributed by atoms with Crippen LogP contribution in [0, 0.1) is 17.1 Å². The van der Waals surface area contributed by atoms with E-state index in [0.717, 1.165) is 4.70 Å². The van der Waals surface area contributed by atoms with Gasteiger partial charge in [-0.2, -0.15) is 5.26 Å². The molecule has 2 rings (SSSR count). The quantitative estimate of drug-likeness (QED) is 0.780. The van der Waals surface area contributed by atoms with Crippen molar-refractivity contribution < 1.29 is 9.50 Å². The number of rotatable bonds is 1. The minimum atomic E-state index is -0.463. The Bertz CT molecular complexity index is 527. The molecule has 0 unspecified atom stereocenters. The van der Waals surface area contributed by atoms with Gasteiger partial charge >= 0.3 is 0 Å². The molecule has 0 amide bonds. The Morgan fingerprint density at radius 3 is 2.93 bits per heavy atom. The summed E-state index contributed by atoms with van der Waals surface area (Å²) in [6.45, 7) is -0.318. The van der Waals surface area contributed by atoms with Crippen LogP contribution in [-0.2, 0) is 6.61 Å². The fourth-order valence-corrected chi connectivity index (χ4v) is 2.23. The number of thiophene rings is 1. The van der Waals surface area contributed by atoms with Crippen molar-refractivity contribution in [2.24, 2.45) is 0 Å². The molecule has 0 bridgehead atoms. The molecule has 1 aromatic heterocycles. The molecular formula is C10H6FNOS. The van der Waals surface area contributed by atoms with E-state index in [0.29, 0.717) is 10.9 Å². The maximum atomic E-state index is 13.2. The maximum absolute atomic E-state index is 13.2. The Hall–Kier alpha value is -1.44. The predicted octanol–water partition coefficient (Wildman–Crippen LogP) is 2.40. The number of halogens is 1. The highest BCUT2D eigenvalue weighted by Crippen LogP contribution is 2.28. The highest BCUT2D eigenvalue weighted by atomic mass is 32.1. The van der Waals surface area contributed by atoms with E-state index >= 15 is 0 Å². The third-order valence-corrected chi connectivity index (χ3v) is 2.98. The van der Waals surface area contributed by atoms with Crippen LogP contribution in [-0.4, -0.2) is 5.11 Å². The van der Waals surface area contributed by atoms with Gasteiger partial charge in [0.05, 0.1) is 12.2 Å². The lowest BCUT2D eigenvalue weighted by molar-refractivity contribution is 0.276. The second-order valence-corrected chi connectivity index (χ2v) is 3.77. The van der Waals surface area contributed by atoms with Gasteiger partial charge in [0, 0.05) is 21.0 Å². The zero-order valence-corrected chi connectivity index (χ0v) is 7.94. The molecular weight excluding hydrogens is 201 g/mol. The molecule has 4 heteroatoms. The molecule has 1 N–H and O–H groups in total. The highest BCUT2D eigenvalue weighted by Gasteiger charge is 2.08. The molecule has 0 aliphatic carbocycles.